The molecule has 1 aliphatic carbocycles. The van der Waals surface area contributed by atoms with Gasteiger partial charge in [0.2, 0.25) is 0 Å². The van der Waals surface area contributed by atoms with Crippen LogP contribution in [0.5, 0.6) is 0 Å². The Kier molecular flexibility index (Phi) is 2.96. The number of carbonyl (C=O) groups is 1. The SMILES string of the molecule is CC1(CNc2cc(N)ccc2C(N)=O)CCC1. The largest absolute Gasteiger partial charge is 0.399 e. The van der Waals surface area contributed by atoms with E-state index in [0.717, 1.165) is 12.2 Å². The molecule has 0 radical (unpaired) electrons. The van der Waals surface area contributed by atoms with Crippen molar-refractivity contribution in [3.63, 3.8) is 0 Å². The van der Waals surface area contributed by atoms with Crippen LogP contribution in [-0.4, -0.2) is 12.5 Å². The van der Waals surface area contributed by atoms with E-state index in [0.29, 0.717) is 16.7 Å². The van der Waals surface area contributed by atoms with E-state index in [1.165, 1.54) is 19.3 Å². The van der Waals surface area contributed by atoms with Gasteiger partial charge in [-0.25, -0.2) is 0 Å². The number of carbonyl (C=O) groups excluding carboxylic acids is 1. The van der Waals surface area contributed by atoms with Crippen LogP contribution < -0.4 is 16.8 Å². The summed E-state index contributed by atoms with van der Waals surface area (Å²) in [6.07, 6.45) is 3.75. The first-order chi connectivity index (χ1) is 8.00. The molecule has 0 atom stereocenters. The van der Waals surface area contributed by atoms with Gasteiger partial charge in [0, 0.05) is 17.9 Å². The van der Waals surface area contributed by atoms with Crippen molar-refractivity contribution in [2.75, 3.05) is 17.6 Å². The van der Waals surface area contributed by atoms with Crippen LogP contribution >= 0.6 is 0 Å². The third-order valence-electron chi connectivity index (χ3n) is 3.58. The standard InChI is InChI=1S/C13H19N3O/c1-13(5-2-6-13)8-16-11-7-9(14)3-4-10(11)12(15)17/h3-4,7,16H,2,5-6,8,14H2,1H3,(H2,15,17). The van der Waals surface area contributed by atoms with E-state index in [4.69, 9.17) is 11.5 Å². The van der Waals surface area contributed by atoms with Crippen molar-refractivity contribution < 1.29 is 4.79 Å². The van der Waals surface area contributed by atoms with Gasteiger partial charge >= 0.3 is 0 Å². The van der Waals surface area contributed by atoms with Crippen molar-refractivity contribution in [3.05, 3.63) is 23.8 Å². The monoisotopic (exact) mass is 233 g/mol. The number of hydrogen-bond donors (Lipinski definition) is 3. The molecule has 0 aliphatic heterocycles. The third-order valence-corrected chi connectivity index (χ3v) is 3.58. The summed E-state index contributed by atoms with van der Waals surface area (Å²) in [5.41, 5.74) is 13.3. The number of anilines is 2. The Hall–Kier alpha value is -1.71. The molecule has 1 fully saturated rings. The summed E-state index contributed by atoms with van der Waals surface area (Å²) < 4.78 is 0. The lowest BCUT2D eigenvalue weighted by Gasteiger charge is -2.38. The number of amides is 1. The van der Waals surface area contributed by atoms with Crippen LogP contribution in [0.3, 0.4) is 0 Å². The average molecular weight is 233 g/mol. The first kappa shape index (κ1) is 11.8. The number of benzene rings is 1. The molecule has 1 saturated carbocycles. The molecule has 0 aromatic heterocycles. The van der Waals surface area contributed by atoms with Gasteiger partial charge in [-0.3, -0.25) is 4.79 Å². The van der Waals surface area contributed by atoms with Crippen LogP contribution in [0, 0.1) is 5.41 Å². The molecule has 2 rings (SSSR count). The highest BCUT2D eigenvalue weighted by Gasteiger charge is 2.31. The zero-order chi connectivity index (χ0) is 12.5. The molecule has 4 nitrogen and oxygen atoms in total. The molecule has 92 valence electrons. The molecular weight excluding hydrogens is 214 g/mol. The van der Waals surface area contributed by atoms with E-state index < -0.39 is 5.91 Å². The number of nitrogens with one attached hydrogen (secondary N) is 1. The van der Waals surface area contributed by atoms with Crippen molar-refractivity contribution in [3.8, 4) is 0 Å². The fourth-order valence-corrected chi connectivity index (χ4v) is 2.19. The van der Waals surface area contributed by atoms with Gasteiger partial charge in [0.15, 0.2) is 0 Å². The van der Waals surface area contributed by atoms with Gasteiger partial charge in [0.1, 0.15) is 0 Å². The fraction of sp³-hybridized carbons (Fsp3) is 0.462. The van der Waals surface area contributed by atoms with Gasteiger partial charge in [-0.1, -0.05) is 13.3 Å². The maximum Gasteiger partial charge on any atom is 0.250 e. The Labute approximate surface area is 101 Å². The van der Waals surface area contributed by atoms with E-state index in [-0.39, 0.29) is 0 Å². The lowest BCUT2D eigenvalue weighted by Crippen LogP contribution is -2.33. The topological polar surface area (TPSA) is 81.1 Å². The van der Waals surface area contributed by atoms with E-state index in [9.17, 15) is 4.79 Å². The molecule has 0 saturated heterocycles. The quantitative estimate of drug-likeness (QED) is 0.695. The Morgan fingerprint density at radius 1 is 1.47 bits per heavy atom. The van der Waals surface area contributed by atoms with E-state index in [1.54, 1.807) is 18.2 Å². The number of rotatable bonds is 4. The molecule has 0 heterocycles. The minimum atomic E-state index is -0.425. The molecule has 1 aliphatic rings. The summed E-state index contributed by atoms with van der Waals surface area (Å²) in [5.74, 6) is -0.425. The van der Waals surface area contributed by atoms with Crippen molar-refractivity contribution >= 4 is 17.3 Å². The van der Waals surface area contributed by atoms with Crippen LogP contribution in [-0.2, 0) is 0 Å². The van der Waals surface area contributed by atoms with Gasteiger partial charge in [-0.2, -0.15) is 0 Å². The normalized spacial score (nSPS) is 17.2. The molecule has 4 heteroatoms. The maximum atomic E-state index is 11.3. The van der Waals surface area contributed by atoms with Crippen LogP contribution in [0.15, 0.2) is 18.2 Å². The van der Waals surface area contributed by atoms with Crippen LogP contribution in [0.4, 0.5) is 11.4 Å². The highest BCUT2D eigenvalue weighted by atomic mass is 16.1. The first-order valence-corrected chi connectivity index (χ1v) is 5.93. The predicted octanol–water partition coefficient (Wildman–Crippen LogP) is 1.97. The number of nitrogens with two attached hydrogens (primary N) is 2. The Morgan fingerprint density at radius 3 is 2.71 bits per heavy atom. The van der Waals surface area contributed by atoms with Crippen LogP contribution in [0.25, 0.3) is 0 Å². The molecule has 0 bridgehead atoms. The smallest absolute Gasteiger partial charge is 0.250 e. The van der Waals surface area contributed by atoms with E-state index in [1.807, 2.05) is 0 Å². The second-order valence-corrected chi connectivity index (χ2v) is 5.19. The highest BCUT2D eigenvalue weighted by Crippen LogP contribution is 2.40. The van der Waals surface area contributed by atoms with Gasteiger partial charge in [0.25, 0.3) is 5.91 Å². The number of nitrogen functional groups attached to an aromatic ring is 1. The van der Waals surface area contributed by atoms with Crippen LogP contribution in [0.1, 0.15) is 36.5 Å². The summed E-state index contributed by atoms with van der Waals surface area (Å²) in [4.78, 5) is 11.3. The Bertz CT molecular complexity index is 438. The number of primary amides is 1. The van der Waals surface area contributed by atoms with Gasteiger partial charge < -0.3 is 16.8 Å². The lowest BCUT2D eigenvalue weighted by atomic mass is 9.70. The van der Waals surface area contributed by atoms with Crippen molar-refractivity contribution in [1.29, 1.82) is 0 Å². The minimum absolute atomic E-state index is 0.347. The molecular formula is C13H19N3O. The zero-order valence-electron chi connectivity index (χ0n) is 10.1. The molecule has 17 heavy (non-hydrogen) atoms. The van der Waals surface area contributed by atoms with Gasteiger partial charge in [0.05, 0.1) is 5.56 Å². The summed E-state index contributed by atoms with van der Waals surface area (Å²) in [6.45, 7) is 3.11. The Morgan fingerprint density at radius 2 is 2.18 bits per heavy atom. The van der Waals surface area contributed by atoms with E-state index >= 15 is 0 Å². The van der Waals surface area contributed by atoms with E-state index in [2.05, 4.69) is 12.2 Å². The fourth-order valence-electron chi connectivity index (χ4n) is 2.19. The summed E-state index contributed by atoms with van der Waals surface area (Å²) in [5, 5.41) is 3.30. The summed E-state index contributed by atoms with van der Waals surface area (Å²) in [7, 11) is 0. The highest BCUT2D eigenvalue weighted by molar-refractivity contribution is 5.99. The molecule has 5 N–H and O–H groups in total. The van der Waals surface area contributed by atoms with Crippen LogP contribution in [0.2, 0.25) is 0 Å². The van der Waals surface area contributed by atoms with Gasteiger partial charge in [-0.15, -0.1) is 0 Å². The Balaban J connectivity index is 2.13. The molecule has 1 aromatic carbocycles. The lowest BCUT2D eigenvalue weighted by molar-refractivity contribution is 0.100. The van der Waals surface area contributed by atoms with Gasteiger partial charge in [-0.05, 0) is 36.5 Å². The second kappa shape index (κ2) is 4.28. The second-order valence-electron chi connectivity index (χ2n) is 5.19. The maximum absolute atomic E-state index is 11.3. The minimum Gasteiger partial charge on any atom is -0.399 e. The van der Waals surface area contributed by atoms with Crippen molar-refractivity contribution in [1.82, 2.24) is 0 Å². The molecule has 0 spiro atoms. The average Bonchev–Trinajstić information content (AvgIpc) is 2.23. The van der Waals surface area contributed by atoms with Crippen molar-refractivity contribution in [2.24, 2.45) is 11.1 Å². The third kappa shape index (κ3) is 2.52. The predicted molar refractivity (Wildman–Crippen MR) is 69.8 cm³/mol. The molecule has 1 aromatic rings. The first-order valence-electron chi connectivity index (χ1n) is 5.93. The number of hydrogen-bond acceptors (Lipinski definition) is 3. The molecule has 0 unspecified atom stereocenters. The summed E-state index contributed by atoms with van der Waals surface area (Å²) >= 11 is 0. The molecule has 1 amide bonds. The zero-order valence-corrected chi connectivity index (χ0v) is 10.1. The summed E-state index contributed by atoms with van der Waals surface area (Å²) in [6, 6.07) is 5.13. The van der Waals surface area contributed by atoms with Crippen molar-refractivity contribution in [2.45, 2.75) is 26.2 Å².